The van der Waals surface area contributed by atoms with Crippen LogP contribution in [0, 0.1) is 5.92 Å². The SMILES string of the molecule is CC(C)[C@H](NC(=O)NC1CCCC1)C(=O)[O-]. The fourth-order valence-corrected chi connectivity index (χ4v) is 1.94. The Morgan fingerprint density at radius 1 is 1.25 bits per heavy atom. The molecule has 1 aliphatic rings. The van der Waals surface area contributed by atoms with Crippen molar-refractivity contribution in [3.05, 3.63) is 0 Å². The van der Waals surface area contributed by atoms with Crippen LogP contribution in [0.3, 0.4) is 0 Å². The van der Waals surface area contributed by atoms with E-state index in [1.807, 2.05) is 0 Å². The summed E-state index contributed by atoms with van der Waals surface area (Å²) in [5, 5.41) is 16.0. The van der Waals surface area contributed by atoms with E-state index in [0.29, 0.717) is 0 Å². The first kappa shape index (κ1) is 12.8. The van der Waals surface area contributed by atoms with Gasteiger partial charge in [0.1, 0.15) is 0 Å². The number of rotatable bonds is 4. The Bertz CT molecular complexity index is 260. The molecule has 0 heterocycles. The van der Waals surface area contributed by atoms with Crippen LogP contribution in [0.2, 0.25) is 0 Å². The fraction of sp³-hybridized carbons (Fsp3) is 0.818. The summed E-state index contributed by atoms with van der Waals surface area (Å²) in [6.45, 7) is 3.46. The van der Waals surface area contributed by atoms with Crippen molar-refractivity contribution in [3.8, 4) is 0 Å². The zero-order valence-electron chi connectivity index (χ0n) is 9.79. The van der Waals surface area contributed by atoms with Gasteiger partial charge < -0.3 is 20.5 Å². The number of nitrogens with one attached hydrogen (secondary N) is 2. The molecule has 2 amide bonds. The van der Waals surface area contributed by atoms with Gasteiger partial charge in [-0.1, -0.05) is 26.7 Å². The molecule has 92 valence electrons. The average molecular weight is 227 g/mol. The minimum absolute atomic E-state index is 0.181. The molecule has 1 rings (SSSR count). The van der Waals surface area contributed by atoms with Gasteiger partial charge in [-0.3, -0.25) is 0 Å². The Hall–Kier alpha value is -1.26. The molecule has 16 heavy (non-hydrogen) atoms. The van der Waals surface area contributed by atoms with Crippen LogP contribution in [-0.4, -0.2) is 24.1 Å². The zero-order chi connectivity index (χ0) is 12.1. The number of hydrogen-bond acceptors (Lipinski definition) is 3. The second kappa shape index (κ2) is 5.72. The molecule has 5 nitrogen and oxygen atoms in total. The van der Waals surface area contributed by atoms with Crippen molar-refractivity contribution >= 4 is 12.0 Å². The van der Waals surface area contributed by atoms with E-state index in [4.69, 9.17) is 0 Å². The van der Waals surface area contributed by atoms with Gasteiger partial charge in [0.2, 0.25) is 0 Å². The van der Waals surface area contributed by atoms with Gasteiger partial charge in [-0.05, 0) is 18.8 Å². The highest BCUT2D eigenvalue weighted by Gasteiger charge is 2.21. The number of carboxylic acid groups (broad SMARTS) is 1. The van der Waals surface area contributed by atoms with Crippen LogP contribution < -0.4 is 15.7 Å². The van der Waals surface area contributed by atoms with Gasteiger partial charge in [0.25, 0.3) is 0 Å². The molecule has 1 aliphatic carbocycles. The van der Waals surface area contributed by atoms with Gasteiger partial charge in [0.05, 0.1) is 12.0 Å². The maximum Gasteiger partial charge on any atom is 0.315 e. The summed E-state index contributed by atoms with van der Waals surface area (Å²) < 4.78 is 0. The molecule has 1 saturated carbocycles. The van der Waals surface area contributed by atoms with E-state index in [9.17, 15) is 14.7 Å². The molecule has 0 aliphatic heterocycles. The quantitative estimate of drug-likeness (QED) is 0.709. The van der Waals surface area contributed by atoms with Crippen LogP contribution >= 0.6 is 0 Å². The first-order valence-electron chi connectivity index (χ1n) is 5.78. The lowest BCUT2D eigenvalue weighted by Crippen LogP contribution is -2.54. The molecule has 1 atom stereocenters. The predicted molar refractivity (Wildman–Crippen MR) is 57.6 cm³/mol. The smallest absolute Gasteiger partial charge is 0.315 e. The van der Waals surface area contributed by atoms with Crippen LogP contribution in [0.15, 0.2) is 0 Å². The van der Waals surface area contributed by atoms with Crippen molar-refractivity contribution < 1.29 is 14.7 Å². The number of urea groups is 1. The molecule has 0 aromatic heterocycles. The third kappa shape index (κ3) is 3.72. The molecule has 0 aromatic rings. The second-order valence-corrected chi connectivity index (χ2v) is 4.64. The summed E-state index contributed by atoms with van der Waals surface area (Å²) in [5.74, 6) is -1.42. The lowest BCUT2D eigenvalue weighted by molar-refractivity contribution is -0.309. The minimum atomic E-state index is -1.24. The van der Waals surface area contributed by atoms with Gasteiger partial charge in [-0.15, -0.1) is 0 Å². The van der Waals surface area contributed by atoms with Gasteiger partial charge in [-0.25, -0.2) is 4.79 Å². The van der Waals surface area contributed by atoms with Gasteiger partial charge >= 0.3 is 6.03 Å². The Balaban J connectivity index is 2.38. The molecule has 1 fully saturated rings. The van der Waals surface area contributed by atoms with E-state index in [1.165, 1.54) is 0 Å². The lowest BCUT2D eigenvalue weighted by Gasteiger charge is -2.24. The van der Waals surface area contributed by atoms with Crippen LogP contribution in [-0.2, 0) is 4.79 Å². The zero-order valence-corrected chi connectivity index (χ0v) is 9.79. The third-order valence-electron chi connectivity index (χ3n) is 2.90. The van der Waals surface area contributed by atoms with E-state index in [2.05, 4.69) is 10.6 Å². The Kier molecular flexibility index (Phi) is 4.58. The van der Waals surface area contributed by atoms with E-state index >= 15 is 0 Å². The van der Waals surface area contributed by atoms with Crippen LogP contribution in [0.1, 0.15) is 39.5 Å². The van der Waals surface area contributed by atoms with E-state index < -0.39 is 18.0 Å². The molecule has 0 spiro atoms. The largest absolute Gasteiger partial charge is 0.548 e. The highest BCUT2D eigenvalue weighted by atomic mass is 16.4. The second-order valence-electron chi connectivity index (χ2n) is 4.64. The Morgan fingerprint density at radius 3 is 2.25 bits per heavy atom. The number of carbonyl (C=O) groups excluding carboxylic acids is 2. The van der Waals surface area contributed by atoms with Crippen molar-refractivity contribution in [1.29, 1.82) is 0 Å². The number of aliphatic carboxylic acids is 1. The maximum atomic E-state index is 11.5. The predicted octanol–water partition coefficient (Wildman–Crippen LogP) is 0.00270. The van der Waals surface area contributed by atoms with Gasteiger partial charge in [0, 0.05) is 6.04 Å². The molecule has 0 bridgehead atoms. The Morgan fingerprint density at radius 2 is 1.81 bits per heavy atom. The molecule has 0 saturated heterocycles. The maximum absolute atomic E-state index is 11.5. The van der Waals surface area contributed by atoms with Crippen LogP contribution in [0.5, 0.6) is 0 Å². The summed E-state index contributed by atoms with van der Waals surface area (Å²) in [7, 11) is 0. The molecule has 0 aromatic carbocycles. The molecule has 2 N–H and O–H groups in total. The summed E-state index contributed by atoms with van der Waals surface area (Å²) in [5.41, 5.74) is 0. The van der Waals surface area contributed by atoms with E-state index in [-0.39, 0.29) is 12.0 Å². The van der Waals surface area contributed by atoms with Crippen molar-refractivity contribution in [2.75, 3.05) is 0 Å². The number of carbonyl (C=O) groups is 2. The summed E-state index contributed by atoms with van der Waals surface area (Å²) >= 11 is 0. The molecular formula is C11H19N2O3-. The molecule has 0 radical (unpaired) electrons. The van der Waals surface area contributed by atoms with Crippen molar-refractivity contribution in [2.24, 2.45) is 5.92 Å². The summed E-state index contributed by atoms with van der Waals surface area (Å²) in [4.78, 5) is 22.3. The third-order valence-corrected chi connectivity index (χ3v) is 2.90. The summed E-state index contributed by atoms with van der Waals surface area (Å²) in [6.07, 6.45) is 4.20. The van der Waals surface area contributed by atoms with Crippen molar-refractivity contribution in [1.82, 2.24) is 10.6 Å². The molecular weight excluding hydrogens is 208 g/mol. The average Bonchev–Trinajstić information content (AvgIpc) is 2.65. The van der Waals surface area contributed by atoms with Gasteiger partial charge in [0.15, 0.2) is 0 Å². The first-order valence-corrected chi connectivity index (χ1v) is 5.78. The van der Waals surface area contributed by atoms with E-state index in [0.717, 1.165) is 25.7 Å². The molecule has 0 unspecified atom stereocenters. The van der Waals surface area contributed by atoms with Gasteiger partial charge in [-0.2, -0.15) is 0 Å². The van der Waals surface area contributed by atoms with Crippen LogP contribution in [0.25, 0.3) is 0 Å². The standard InChI is InChI=1S/C11H20N2O3/c1-7(2)9(10(14)15)13-11(16)12-8-5-3-4-6-8/h7-9H,3-6H2,1-2H3,(H,14,15)(H2,12,13,16)/p-1/t9-/m0/s1. The number of carboxylic acids is 1. The minimum Gasteiger partial charge on any atom is -0.548 e. The van der Waals surface area contributed by atoms with Crippen LogP contribution in [0.4, 0.5) is 4.79 Å². The number of amides is 2. The fourth-order valence-electron chi connectivity index (χ4n) is 1.94. The summed E-state index contributed by atoms with van der Waals surface area (Å²) in [6, 6.07) is -1.15. The van der Waals surface area contributed by atoms with Crippen molar-refractivity contribution in [2.45, 2.75) is 51.6 Å². The Labute approximate surface area is 95.6 Å². The normalized spacial score (nSPS) is 18.4. The topological polar surface area (TPSA) is 81.3 Å². The highest BCUT2D eigenvalue weighted by molar-refractivity contribution is 5.81. The number of hydrogen-bond donors (Lipinski definition) is 2. The first-order chi connectivity index (χ1) is 7.50. The van der Waals surface area contributed by atoms with E-state index in [1.54, 1.807) is 13.8 Å². The lowest BCUT2D eigenvalue weighted by atomic mass is 10.1. The molecule has 5 heteroatoms. The van der Waals surface area contributed by atoms with Crippen molar-refractivity contribution in [3.63, 3.8) is 0 Å². The highest BCUT2D eigenvalue weighted by Crippen LogP contribution is 2.17. The monoisotopic (exact) mass is 227 g/mol.